The van der Waals surface area contributed by atoms with E-state index in [0.29, 0.717) is 19.4 Å². The van der Waals surface area contributed by atoms with Crippen molar-refractivity contribution < 1.29 is 9.59 Å². The lowest BCUT2D eigenvalue weighted by molar-refractivity contribution is -0.133. The summed E-state index contributed by atoms with van der Waals surface area (Å²) in [6, 6.07) is 7.76. The molecular formula is C17H25N3O2. The highest BCUT2D eigenvalue weighted by Crippen LogP contribution is 2.17. The number of rotatable bonds is 7. The third-order valence-electron chi connectivity index (χ3n) is 3.84. The topological polar surface area (TPSA) is 61.4 Å². The zero-order valence-corrected chi connectivity index (χ0v) is 13.2. The smallest absolute Gasteiger partial charge is 0.224 e. The quantitative estimate of drug-likeness (QED) is 0.759. The van der Waals surface area contributed by atoms with Crippen molar-refractivity contribution in [3.63, 3.8) is 0 Å². The number of likely N-dealkylation sites (tertiary alicyclic amines) is 1. The van der Waals surface area contributed by atoms with Crippen LogP contribution in [0.5, 0.6) is 0 Å². The molecule has 0 spiro atoms. The monoisotopic (exact) mass is 303 g/mol. The number of nitrogens with zero attached hydrogens (tertiary/aromatic N) is 1. The van der Waals surface area contributed by atoms with Gasteiger partial charge in [0.2, 0.25) is 11.8 Å². The maximum absolute atomic E-state index is 11.9. The van der Waals surface area contributed by atoms with E-state index in [9.17, 15) is 9.59 Å². The van der Waals surface area contributed by atoms with Gasteiger partial charge in [-0.2, -0.15) is 0 Å². The number of carbonyl (C=O) groups is 2. The Labute approximate surface area is 132 Å². The molecule has 1 heterocycles. The second-order valence-corrected chi connectivity index (χ2v) is 5.73. The molecule has 120 valence electrons. The van der Waals surface area contributed by atoms with Gasteiger partial charge in [-0.25, -0.2) is 0 Å². The van der Waals surface area contributed by atoms with Crippen LogP contribution in [0.2, 0.25) is 0 Å². The molecule has 0 bridgehead atoms. The summed E-state index contributed by atoms with van der Waals surface area (Å²) in [6.45, 7) is 2.30. The Kier molecular flexibility index (Phi) is 6.40. The molecule has 2 N–H and O–H groups in total. The fourth-order valence-corrected chi connectivity index (χ4v) is 2.65. The van der Waals surface area contributed by atoms with Gasteiger partial charge < -0.3 is 15.5 Å². The minimum Gasteiger partial charge on any atom is -0.338 e. The number of hydrogen-bond acceptors (Lipinski definition) is 3. The van der Waals surface area contributed by atoms with Gasteiger partial charge in [-0.15, -0.1) is 0 Å². The van der Waals surface area contributed by atoms with Crippen LogP contribution < -0.4 is 10.6 Å². The van der Waals surface area contributed by atoms with Crippen molar-refractivity contribution in [2.75, 3.05) is 25.5 Å². The average Bonchev–Trinajstić information content (AvgIpc) is 2.50. The fraction of sp³-hybridized carbons (Fsp3) is 0.529. The highest BCUT2D eigenvalue weighted by atomic mass is 16.2. The number of nitrogens with one attached hydrogen (secondary N) is 2. The van der Waals surface area contributed by atoms with Crippen molar-refractivity contribution in [3.8, 4) is 0 Å². The molecular weight excluding hydrogens is 278 g/mol. The maximum atomic E-state index is 11.9. The molecule has 1 aliphatic rings. The van der Waals surface area contributed by atoms with Gasteiger partial charge in [0.05, 0.1) is 0 Å². The first kappa shape index (κ1) is 16.5. The van der Waals surface area contributed by atoms with Crippen molar-refractivity contribution in [2.24, 2.45) is 0 Å². The lowest BCUT2D eigenvalue weighted by Crippen LogP contribution is -2.34. The van der Waals surface area contributed by atoms with Crippen LogP contribution in [0.3, 0.4) is 0 Å². The van der Waals surface area contributed by atoms with Gasteiger partial charge in [0.1, 0.15) is 0 Å². The molecule has 1 aliphatic heterocycles. The Morgan fingerprint density at radius 1 is 1.32 bits per heavy atom. The zero-order chi connectivity index (χ0) is 15.8. The Morgan fingerprint density at radius 2 is 2.18 bits per heavy atom. The van der Waals surface area contributed by atoms with Crippen LogP contribution in [0.15, 0.2) is 24.3 Å². The number of anilines is 1. The van der Waals surface area contributed by atoms with E-state index < -0.39 is 0 Å². The van der Waals surface area contributed by atoms with Crippen LogP contribution in [0.25, 0.3) is 0 Å². The molecule has 1 aromatic rings. The SMILES string of the molecule is CNCCCC(=O)Nc1cccc(CN2CCCCC2=O)c1. The van der Waals surface area contributed by atoms with Crippen molar-refractivity contribution >= 4 is 17.5 Å². The van der Waals surface area contributed by atoms with E-state index in [1.165, 1.54) is 0 Å². The van der Waals surface area contributed by atoms with Crippen molar-refractivity contribution in [1.82, 2.24) is 10.2 Å². The Bertz CT molecular complexity index is 516. The maximum Gasteiger partial charge on any atom is 0.224 e. The van der Waals surface area contributed by atoms with E-state index >= 15 is 0 Å². The van der Waals surface area contributed by atoms with Crippen LogP contribution in [0.4, 0.5) is 5.69 Å². The van der Waals surface area contributed by atoms with E-state index in [2.05, 4.69) is 10.6 Å². The summed E-state index contributed by atoms with van der Waals surface area (Å²) in [5.41, 5.74) is 1.86. The van der Waals surface area contributed by atoms with Gasteiger partial charge >= 0.3 is 0 Å². The standard InChI is InChI=1S/C17H25N3O2/c1-18-10-5-8-16(21)19-15-7-4-6-14(12-15)13-20-11-3-2-9-17(20)22/h4,6-7,12,18H,2-3,5,8-11,13H2,1H3,(H,19,21). The molecule has 1 fully saturated rings. The molecule has 0 atom stereocenters. The fourth-order valence-electron chi connectivity index (χ4n) is 2.65. The highest BCUT2D eigenvalue weighted by molar-refractivity contribution is 5.90. The van der Waals surface area contributed by atoms with E-state index in [4.69, 9.17) is 0 Å². The summed E-state index contributed by atoms with van der Waals surface area (Å²) in [4.78, 5) is 25.6. The minimum atomic E-state index is 0.0291. The van der Waals surface area contributed by atoms with Gasteiger partial charge in [-0.1, -0.05) is 12.1 Å². The van der Waals surface area contributed by atoms with Crippen molar-refractivity contribution in [2.45, 2.75) is 38.6 Å². The average molecular weight is 303 g/mol. The van der Waals surface area contributed by atoms with Gasteiger partial charge in [0.25, 0.3) is 0 Å². The van der Waals surface area contributed by atoms with Gasteiger partial charge in [0, 0.05) is 31.6 Å². The third kappa shape index (κ3) is 5.15. The predicted molar refractivity (Wildman–Crippen MR) is 87.5 cm³/mol. The number of carbonyl (C=O) groups excluding carboxylic acids is 2. The molecule has 5 nitrogen and oxygen atoms in total. The van der Waals surface area contributed by atoms with Crippen molar-refractivity contribution in [1.29, 1.82) is 0 Å². The van der Waals surface area contributed by atoms with E-state index in [-0.39, 0.29) is 11.8 Å². The molecule has 0 unspecified atom stereocenters. The van der Waals surface area contributed by atoms with Crippen LogP contribution >= 0.6 is 0 Å². The summed E-state index contributed by atoms with van der Waals surface area (Å²) in [5, 5.41) is 5.95. The second-order valence-electron chi connectivity index (χ2n) is 5.73. The van der Waals surface area contributed by atoms with E-state index in [0.717, 1.165) is 43.6 Å². The number of piperidine rings is 1. The molecule has 0 aliphatic carbocycles. The third-order valence-corrected chi connectivity index (χ3v) is 3.84. The van der Waals surface area contributed by atoms with E-state index in [1.54, 1.807) is 0 Å². The lowest BCUT2D eigenvalue weighted by Gasteiger charge is -2.26. The van der Waals surface area contributed by atoms with Crippen LogP contribution in [0, 0.1) is 0 Å². The Morgan fingerprint density at radius 3 is 2.95 bits per heavy atom. The van der Waals surface area contributed by atoms with Crippen LogP contribution in [0.1, 0.15) is 37.7 Å². The van der Waals surface area contributed by atoms with Gasteiger partial charge in [-0.05, 0) is 50.6 Å². The first-order valence-electron chi connectivity index (χ1n) is 8.00. The Hall–Kier alpha value is -1.88. The normalized spacial score (nSPS) is 15.0. The highest BCUT2D eigenvalue weighted by Gasteiger charge is 2.18. The van der Waals surface area contributed by atoms with Gasteiger partial charge in [-0.3, -0.25) is 9.59 Å². The largest absolute Gasteiger partial charge is 0.338 e. The first-order chi connectivity index (χ1) is 10.7. The summed E-state index contributed by atoms with van der Waals surface area (Å²) >= 11 is 0. The molecule has 0 radical (unpaired) electrons. The molecule has 1 aromatic carbocycles. The number of amides is 2. The molecule has 0 aromatic heterocycles. The van der Waals surface area contributed by atoms with Crippen molar-refractivity contribution in [3.05, 3.63) is 29.8 Å². The minimum absolute atomic E-state index is 0.0291. The number of benzene rings is 1. The van der Waals surface area contributed by atoms with Crippen LogP contribution in [-0.2, 0) is 16.1 Å². The molecule has 1 saturated heterocycles. The van der Waals surface area contributed by atoms with E-state index in [1.807, 2.05) is 36.2 Å². The molecule has 22 heavy (non-hydrogen) atoms. The summed E-state index contributed by atoms with van der Waals surface area (Å²) < 4.78 is 0. The molecule has 2 amide bonds. The summed E-state index contributed by atoms with van der Waals surface area (Å²) in [7, 11) is 1.88. The second kappa shape index (κ2) is 8.54. The summed E-state index contributed by atoms with van der Waals surface area (Å²) in [6.07, 6.45) is 4.06. The van der Waals surface area contributed by atoms with Gasteiger partial charge in [0.15, 0.2) is 0 Å². The summed E-state index contributed by atoms with van der Waals surface area (Å²) in [5.74, 6) is 0.259. The first-order valence-corrected chi connectivity index (χ1v) is 8.00. The molecule has 5 heteroatoms. The number of hydrogen-bond donors (Lipinski definition) is 2. The molecule has 0 saturated carbocycles. The van der Waals surface area contributed by atoms with Crippen LogP contribution in [-0.4, -0.2) is 36.9 Å². The lowest BCUT2D eigenvalue weighted by atomic mass is 10.1. The molecule has 2 rings (SSSR count). The Balaban J connectivity index is 1.89. The zero-order valence-electron chi connectivity index (χ0n) is 13.2. The predicted octanol–water partition coefficient (Wildman–Crippen LogP) is 2.14.